The average molecular weight is 304 g/mol. The zero-order valence-corrected chi connectivity index (χ0v) is 12.6. The summed E-state index contributed by atoms with van der Waals surface area (Å²) in [5, 5.41) is 15.5. The third-order valence-electron chi connectivity index (χ3n) is 3.35. The molecule has 7 nitrogen and oxygen atoms in total. The van der Waals surface area contributed by atoms with E-state index in [9.17, 15) is 4.79 Å². The second-order valence-electron chi connectivity index (χ2n) is 5.19. The fraction of sp³-hybridized carbons (Fsp3) is 0.385. The van der Waals surface area contributed by atoms with Gasteiger partial charge in [-0.05, 0) is 50.1 Å². The summed E-state index contributed by atoms with van der Waals surface area (Å²) < 4.78 is 1.66. The molecule has 3 rings (SSSR count). The van der Waals surface area contributed by atoms with Crippen molar-refractivity contribution in [3.8, 4) is 0 Å². The van der Waals surface area contributed by atoms with E-state index in [1.807, 2.05) is 19.9 Å². The van der Waals surface area contributed by atoms with Gasteiger partial charge in [0.2, 0.25) is 0 Å². The highest BCUT2D eigenvalue weighted by Gasteiger charge is 2.29. The van der Waals surface area contributed by atoms with Crippen LogP contribution < -0.4 is 11.4 Å². The number of hydrogen-bond donors (Lipinski definition) is 3. The molecule has 0 aromatic carbocycles. The molecule has 0 saturated heterocycles. The Bertz CT molecular complexity index is 773. The van der Waals surface area contributed by atoms with Gasteiger partial charge in [0.05, 0.1) is 5.56 Å². The topological polar surface area (TPSA) is 113 Å². The Morgan fingerprint density at radius 3 is 2.86 bits per heavy atom. The van der Waals surface area contributed by atoms with Crippen molar-refractivity contribution < 1.29 is 0 Å². The van der Waals surface area contributed by atoms with Crippen LogP contribution in [0, 0.1) is 19.3 Å². The lowest BCUT2D eigenvalue weighted by Gasteiger charge is -2.11. The molecule has 1 saturated carbocycles. The first-order valence-corrected chi connectivity index (χ1v) is 7.46. The van der Waals surface area contributed by atoms with Crippen LogP contribution in [0.4, 0.5) is 0 Å². The summed E-state index contributed by atoms with van der Waals surface area (Å²) in [7, 11) is 0. The number of pyridine rings is 1. The van der Waals surface area contributed by atoms with Gasteiger partial charge in [-0.2, -0.15) is 0 Å². The molecule has 0 radical (unpaired) electrons. The van der Waals surface area contributed by atoms with Crippen LogP contribution in [-0.2, 0) is 0 Å². The monoisotopic (exact) mass is 304 g/mol. The van der Waals surface area contributed by atoms with Crippen molar-refractivity contribution in [1.82, 2.24) is 19.7 Å². The number of nitrogen functional groups attached to an aromatic ring is 1. The lowest BCUT2D eigenvalue weighted by molar-refractivity contribution is 0.642. The minimum Gasteiger partial charge on any atom is -0.384 e. The number of nitrogens with zero attached hydrogens (tertiary/aromatic N) is 3. The fourth-order valence-electron chi connectivity index (χ4n) is 2.31. The number of hydrogen-bond acceptors (Lipinski definition) is 5. The summed E-state index contributed by atoms with van der Waals surface area (Å²) >= 11 is 1.28. The maximum absolute atomic E-state index is 11.8. The molecule has 2 aromatic heterocycles. The summed E-state index contributed by atoms with van der Waals surface area (Å²) in [4.78, 5) is 16.3. The molecule has 4 N–H and O–H groups in total. The Hall–Kier alpha value is -2.09. The minimum atomic E-state index is -0.200. The zero-order valence-electron chi connectivity index (χ0n) is 11.8. The summed E-state index contributed by atoms with van der Waals surface area (Å²) in [5.41, 5.74) is 7.81. The van der Waals surface area contributed by atoms with Crippen molar-refractivity contribution in [2.75, 3.05) is 0 Å². The molecule has 2 aromatic rings. The van der Waals surface area contributed by atoms with Crippen LogP contribution >= 0.6 is 11.8 Å². The van der Waals surface area contributed by atoms with Gasteiger partial charge in [-0.25, -0.2) is 14.9 Å². The molecule has 0 atom stereocenters. The number of rotatable bonds is 4. The van der Waals surface area contributed by atoms with Gasteiger partial charge in [0.15, 0.2) is 5.16 Å². The van der Waals surface area contributed by atoms with Crippen LogP contribution in [0.5, 0.6) is 0 Å². The van der Waals surface area contributed by atoms with E-state index in [0.717, 1.165) is 24.1 Å². The van der Waals surface area contributed by atoms with Crippen LogP contribution in [0.2, 0.25) is 0 Å². The maximum atomic E-state index is 11.8. The standard InChI is InChI=1S/C13H16N6OS/c1-6-5-7(2)16-11(9(6)10(14)15)21-13-18-17-12(20)19(13)8-3-4-8/h5,8H,3-4H2,1-2H3,(H3,14,15)(H,17,20). The number of H-pyrrole nitrogens is 1. The number of nitrogens with one attached hydrogen (secondary N) is 2. The highest BCUT2D eigenvalue weighted by atomic mass is 32.2. The number of nitrogens with two attached hydrogens (primary N) is 1. The van der Waals surface area contributed by atoms with E-state index in [0.29, 0.717) is 15.7 Å². The Morgan fingerprint density at radius 2 is 2.24 bits per heavy atom. The van der Waals surface area contributed by atoms with Gasteiger partial charge in [0.25, 0.3) is 0 Å². The molecule has 0 unspecified atom stereocenters. The summed E-state index contributed by atoms with van der Waals surface area (Å²) in [6, 6.07) is 2.12. The Balaban J connectivity index is 2.06. The first-order chi connectivity index (χ1) is 9.97. The van der Waals surface area contributed by atoms with Gasteiger partial charge < -0.3 is 5.73 Å². The van der Waals surface area contributed by atoms with Crippen molar-refractivity contribution in [3.05, 3.63) is 33.4 Å². The van der Waals surface area contributed by atoms with E-state index < -0.39 is 0 Å². The molecule has 0 bridgehead atoms. The Morgan fingerprint density at radius 1 is 1.52 bits per heavy atom. The van der Waals surface area contributed by atoms with Crippen molar-refractivity contribution in [1.29, 1.82) is 5.41 Å². The highest BCUT2D eigenvalue weighted by Crippen LogP contribution is 2.38. The molecule has 1 aliphatic rings. The summed E-state index contributed by atoms with van der Waals surface area (Å²) in [6.07, 6.45) is 1.99. The molecule has 8 heteroatoms. The van der Waals surface area contributed by atoms with Crippen LogP contribution in [0.25, 0.3) is 0 Å². The molecule has 0 amide bonds. The fourth-order valence-corrected chi connectivity index (χ4v) is 3.46. The third-order valence-corrected chi connectivity index (χ3v) is 4.31. The van der Waals surface area contributed by atoms with E-state index >= 15 is 0 Å². The lowest BCUT2D eigenvalue weighted by atomic mass is 10.1. The van der Waals surface area contributed by atoms with Crippen LogP contribution in [0.3, 0.4) is 0 Å². The second kappa shape index (κ2) is 5.03. The van der Waals surface area contributed by atoms with E-state index in [2.05, 4.69) is 15.2 Å². The van der Waals surface area contributed by atoms with E-state index in [4.69, 9.17) is 11.1 Å². The molecule has 1 fully saturated rings. The van der Waals surface area contributed by atoms with E-state index in [1.165, 1.54) is 11.8 Å². The first kappa shape index (κ1) is 13.9. The molecule has 110 valence electrons. The normalized spacial score (nSPS) is 14.4. The molecule has 0 aliphatic heterocycles. The van der Waals surface area contributed by atoms with Crippen LogP contribution in [0.1, 0.15) is 35.7 Å². The number of aromatic nitrogens is 4. The van der Waals surface area contributed by atoms with Gasteiger partial charge in [-0.15, -0.1) is 5.10 Å². The van der Waals surface area contributed by atoms with Crippen molar-refractivity contribution in [3.63, 3.8) is 0 Å². The Labute approximate surface area is 125 Å². The smallest absolute Gasteiger partial charge is 0.344 e. The third kappa shape index (κ3) is 2.58. The Kier molecular flexibility index (Phi) is 3.32. The van der Waals surface area contributed by atoms with Crippen molar-refractivity contribution in [2.24, 2.45) is 5.73 Å². The van der Waals surface area contributed by atoms with Gasteiger partial charge in [0, 0.05) is 11.7 Å². The highest BCUT2D eigenvalue weighted by molar-refractivity contribution is 7.99. The maximum Gasteiger partial charge on any atom is 0.344 e. The quantitative estimate of drug-likeness (QED) is 0.583. The van der Waals surface area contributed by atoms with Gasteiger partial charge in [-0.3, -0.25) is 9.98 Å². The average Bonchev–Trinajstić information content (AvgIpc) is 3.13. The van der Waals surface area contributed by atoms with Crippen molar-refractivity contribution in [2.45, 2.75) is 42.9 Å². The molecule has 2 heterocycles. The zero-order chi connectivity index (χ0) is 15.1. The predicted octanol–water partition coefficient (Wildman–Crippen LogP) is 1.35. The van der Waals surface area contributed by atoms with Gasteiger partial charge in [0.1, 0.15) is 10.9 Å². The minimum absolute atomic E-state index is 0.0293. The predicted molar refractivity (Wildman–Crippen MR) is 80.0 cm³/mol. The van der Waals surface area contributed by atoms with Gasteiger partial charge in [-0.1, -0.05) is 0 Å². The molecule has 0 spiro atoms. The molecule has 21 heavy (non-hydrogen) atoms. The van der Waals surface area contributed by atoms with E-state index in [-0.39, 0.29) is 17.6 Å². The number of aromatic amines is 1. The second-order valence-corrected chi connectivity index (χ2v) is 6.14. The largest absolute Gasteiger partial charge is 0.384 e. The first-order valence-electron chi connectivity index (χ1n) is 6.64. The molecule has 1 aliphatic carbocycles. The van der Waals surface area contributed by atoms with Crippen LogP contribution in [-0.4, -0.2) is 25.6 Å². The van der Waals surface area contributed by atoms with Gasteiger partial charge >= 0.3 is 5.69 Å². The lowest BCUT2D eigenvalue weighted by Crippen LogP contribution is -2.17. The molecular weight excluding hydrogens is 288 g/mol. The van der Waals surface area contributed by atoms with Crippen molar-refractivity contribution >= 4 is 17.6 Å². The number of amidine groups is 1. The van der Waals surface area contributed by atoms with Crippen LogP contribution in [0.15, 0.2) is 21.0 Å². The van der Waals surface area contributed by atoms with E-state index in [1.54, 1.807) is 4.57 Å². The molecular formula is C13H16N6OS. The number of aryl methyl sites for hydroxylation is 2. The summed E-state index contributed by atoms with van der Waals surface area (Å²) in [6.45, 7) is 3.79. The SMILES string of the molecule is Cc1cc(C)c(C(=N)N)c(Sc2n[nH]c(=O)n2C2CC2)n1. The summed E-state index contributed by atoms with van der Waals surface area (Å²) in [5.74, 6) is -0.0293.